The largest absolute Gasteiger partial charge is 0.455 e. The number of amides is 1. The lowest BCUT2D eigenvalue weighted by Gasteiger charge is -2.22. The minimum absolute atomic E-state index is 0.113. The fourth-order valence-corrected chi connectivity index (χ4v) is 1.99. The molecular formula is C15H14FNO5. The molecule has 0 spiro atoms. The van der Waals surface area contributed by atoms with Crippen LogP contribution in [0.5, 0.6) is 0 Å². The summed E-state index contributed by atoms with van der Waals surface area (Å²) in [7, 11) is 0. The van der Waals surface area contributed by atoms with Crippen molar-refractivity contribution < 1.29 is 28.2 Å². The number of cyclic esters (lactones) is 1. The first-order valence-corrected chi connectivity index (χ1v) is 6.49. The highest BCUT2D eigenvalue weighted by Gasteiger charge is 2.47. The number of hydrogen-bond acceptors (Lipinski definition) is 5. The number of rotatable bonds is 6. The monoisotopic (exact) mass is 307 g/mol. The number of Topliss-reactive ketones (excluding diaryl/α,β-unsaturated/α-hetero) is 1. The summed E-state index contributed by atoms with van der Waals surface area (Å²) in [6.07, 6.45) is 0.823. The average molecular weight is 307 g/mol. The number of ether oxygens (including phenoxy) is 2. The molecule has 22 heavy (non-hydrogen) atoms. The molecule has 116 valence electrons. The Morgan fingerprint density at radius 1 is 1.41 bits per heavy atom. The second kappa shape index (κ2) is 6.38. The molecule has 1 amide bonds. The lowest BCUT2D eigenvalue weighted by Crippen LogP contribution is -2.51. The number of benzene rings is 1. The van der Waals surface area contributed by atoms with Gasteiger partial charge in [0.25, 0.3) is 0 Å². The summed E-state index contributed by atoms with van der Waals surface area (Å²) in [6.45, 7) is 2.80. The van der Waals surface area contributed by atoms with Crippen LogP contribution in [0.25, 0.3) is 0 Å². The Bertz CT molecular complexity index is 613. The molecule has 0 aromatic heterocycles. The summed E-state index contributed by atoms with van der Waals surface area (Å²) in [5.41, 5.74) is -1.14. The van der Waals surface area contributed by atoms with E-state index < -0.39 is 35.8 Å². The number of alkyl carbamates (subject to hydrolysis) is 1. The summed E-state index contributed by atoms with van der Waals surface area (Å²) >= 11 is 0. The zero-order chi connectivity index (χ0) is 16.2. The van der Waals surface area contributed by atoms with Gasteiger partial charge in [-0.05, 0) is 24.3 Å². The first-order valence-electron chi connectivity index (χ1n) is 6.49. The summed E-state index contributed by atoms with van der Waals surface area (Å²) in [6, 6.07) is 4.87. The molecule has 0 radical (unpaired) electrons. The first kappa shape index (κ1) is 15.7. The summed E-state index contributed by atoms with van der Waals surface area (Å²) < 4.78 is 22.5. The highest BCUT2D eigenvalue weighted by atomic mass is 19.1. The van der Waals surface area contributed by atoms with Gasteiger partial charge in [0.05, 0.1) is 0 Å². The van der Waals surface area contributed by atoms with Gasteiger partial charge in [-0.2, -0.15) is 0 Å². The predicted molar refractivity (Wildman–Crippen MR) is 73.7 cm³/mol. The highest BCUT2D eigenvalue weighted by Crippen LogP contribution is 2.20. The molecule has 1 aliphatic heterocycles. The standard InChI is InChI=1S/C15H14FNO5/c1-2-7-15(9-22-14(20)17-15)13(19)21-8-12(18)10-3-5-11(16)6-4-10/h2-6H,1,7-9H2,(H,17,20). The van der Waals surface area contributed by atoms with Gasteiger partial charge in [-0.15, -0.1) is 6.58 Å². The van der Waals surface area contributed by atoms with Gasteiger partial charge in [0, 0.05) is 12.0 Å². The molecule has 1 N–H and O–H groups in total. The predicted octanol–water partition coefficient (Wildman–Crippen LogP) is 1.61. The fourth-order valence-electron chi connectivity index (χ4n) is 1.99. The molecule has 1 aromatic carbocycles. The Morgan fingerprint density at radius 2 is 2.09 bits per heavy atom. The number of hydrogen-bond donors (Lipinski definition) is 1. The molecule has 2 rings (SSSR count). The van der Waals surface area contributed by atoms with Crippen molar-refractivity contribution in [1.82, 2.24) is 5.32 Å². The minimum Gasteiger partial charge on any atom is -0.455 e. The molecule has 1 saturated heterocycles. The van der Waals surface area contributed by atoms with E-state index in [9.17, 15) is 18.8 Å². The molecule has 1 atom stereocenters. The smallest absolute Gasteiger partial charge is 0.408 e. The first-order chi connectivity index (χ1) is 10.5. The van der Waals surface area contributed by atoms with Crippen molar-refractivity contribution in [3.05, 3.63) is 48.3 Å². The quantitative estimate of drug-likeness (QED) is 0.490. The molecule has 0 bridgehead atoms. The molecule has 1 aliphatic rings. The van der Waals surface area contributed by atoms with Crippen molar-refractivity contribution in [3.63, 3.8) is 0 Å². The van der Waals surface area contributed by atoms with Crippen molar-refractivity contribution in [2.45, 2.75) is 12.0 Å². The van der Waals surface area contributed by atoms with Crippen LogP contribution in [0.1, 0.15) is 16.8 Å². The van der Waals surface area contributed by atoms with E-state index >= 15 is 0 Å². The molecular weight excluding hydrogens is 293 g/mol. The topological polar surface area (TPSA) is 81.7 Å². The number of ketones is 1. The van der Waals surface area contributed by atoms with Crippen LogP contribution in [-0.4, -0.2) is 36.6 Å². The third kappa shape index (κ3) is 3.30. The molecule has 6 nitrogen and oxygen atoms in total. The Balaban J connectivity index is 1.99. The second-order valence-electron chi connectivity index (χ2n) is 4.78. The van der Waals surface area contributed by atoms with Crippen LogP contribution < -0.4 is 5.32 Å². The molecule has 1 unspecified atom stereocenters. The number of carbonyl (C=O) groups is 3. The van der Waals surface area contributed by atoms with Gasteiger partial charge in [0.2, 0.25) is 0 Å². The van der Waals surface area contributed by atoms with Gasteiger partial charge < -0.3 is 14.8 Å². The SMILES string of the molecule is C=CCC1(C(=O)OCC(=O)c2ccc(F)cc2)COC(=O)N1. The van der Waals surface area contributed by atoms with Crippen LogP contribution in [0, 0.1) is 5.82 Å². The summed E-state index contributed by atoms with van der Waals surface area (Å²) in [5, 5.41) is 2.37. The number of carbonyl (C=O) groups excluding carboxylic acids is 3. The molecule has 0 aliphatic carbocycles. The Morgan fingerprint density at radius 3 is 2.64 bits per heavy atom. The summed E-state index contributed by atoms with van der Waals surface area (Å²) in [5.74, 6) is -1.73. The molecule has 1 aromatic rings. The average Bonchev–Trinajstić information content (AvgIpc) is 2.88. The van der Waals surface area contributed by atoms with E-state index in [1.807, 2.05) is 0 Å². The zero-order valence-electron chi connectivity index (χ0n) is 11.6. The van der Waals surface area contributed by atoms with Gasteiger partial charge in [-0.1, -0.05) is 6.08 Å². The van der Waals surface area contributed by atoms with Gasteiger partial charge in [-0.25, -0.2) is 14.0 Å². The molecule has 1 heterocycles. The maximum Gasteiger partial charge on any atom is 0.408 e. The van der Waals surface area contributed by atoms with Crippen LogP contribution in [0.2, 0.25) is 0 Å². The fraction of sp³-hybridized carbons (Fsp3) is 0.267. The maximum absolute atomic E-state index is 12.8. The van der Waals surface area contributed by atoms with Crippen molar-refractivity contribution in [3.8, 4) is 0 Å². The van der Waals surface area contributed by atoms with Gasteiger partial charge in [0.1, 0.15) is 12.4 Å². The normalized spacial score (nSPS) is 20.0. The van der Waals surface area contributed by atoms with E-state index in [1.165, 1.54) is 18.2 Å². The lowest BCUT2D eigenvalue weighted by molar-refractivity contribution is -0.149. The van der Waals surface area contributed by atoms with E-state index in [-0.39, 0.29) is 18.6 Å². The molecule has 1 fully saturated rings. The van der Waals surface area contributed by atoms with Crippen LogP contribution in [0.3, 0.4) is 0 Å². The van der Waals surface area contributed by atoms with Crippen LogP contribution in [0.4, 0.5) is 9.18 Å². The van der Waals surface area contributed by atoms with Gasteiger partial charge in [-0.3, -0.25) is 4.79 Å². The highest BCUT2D eigenvalue weighted by molar-refractivity contribution is 5.98. The second-order valence-corrected chi connectivity index (χ2v) is 4.78. The van der Waals surface area contributed by atoms with Crippen LogP contribution >= 0.6 is 0 Å². The van der Waals surface area contributed by atoms with E-state index in [1.54, 1.807) is 0 Å². The number of nitrogens with one attached hydrogen (secondary N) is 1. The zero-order valence-corrected chi connectivity index (χ0v) is 11.6. The third-order valence-electron chi connectivity index (χ3n) is 3.18. The third-order valence-corrected chi connectivity index (χ3v) is 3.18. The van der Waals surface area contributed by atoms with E-state index in [0.717, 1.165) is 12.1 Å². The van der Waals surface area contributed by atoms with Crippen LogP contribution in [-0.2, 0) is 14.3 Å². The summed E-state index contributed by atoms with van der Waals surface area (Å²) in [4.78, 5) is 35.1. The minimum atomic E-state index is -1.36. The van der Waals surface area contributed by atoms with Crippen molar-refractivity contribution >= 4 is 17.8 Å². The Hall–Kier alpha value is -2.70. The molecule has 0 saturated carbocycles. The van der Waals surface area contributed by atoms with E-state index in [2.05, 4.69) is 11.9 Å². The van der Waals surface area contributed by atoms with E-state index in [0.29, 0.717) is 0 Å². The van der Waals surface area contributed by atoms with Crippen molar-refractivity contribution in [1.29, 1.82) is 0 Å². The Labute approximate surface area is 125 Å². The van der Waals surface area contributed by atoms with Crippen molar-refractivity contribution in [2.24, 2.45) is 0 Å². The maximum atomic E-state index is 12.8. The molecule has 7 heteroatoms. The van der Waals surface area contributed by atoms with Crippen LogP contribution in [0.15, 0.2) is 36.9 Å². The van der Waals surface area contributed by atoms with E-state index in [4.69, 9.17) is 9.47 Å². The number of esters is 1. The van der Waals surface area contributed by atoms with Crippen molar-refractivity contribution in [2.75, 3.05) is 13.2 Å². The van der Waals surface area contributed by atoms with Gasteiger partial charge in [0.15, 0.2) is 17.9 Å². The van der Waals surface area contributed by atoms with Gasteiger partial charge >= 0.3 is 12.1 Å². The number of halogens is 1. The lowest BCUT2D eigenvalue weighted by atomic mass is 9.97. The Kier molecular flexibility index (Phi) is 4.55.